The molecule has 1 N–H and O–H groups in total. The summed E-state index contributed by atoms with van der Waals surface area (Å²) in [6, 6.07) is 29.4. The van der Waals surface area contributed by atoms with E-state index in [1.807, 2.05) is 66.7 Å². The fourth-order valence-electron chi connectivity index (χ4n) is 3.30. The molecule has 0 saturated heterocycles. The van der Waals surface area contributed by atoms with Crippen molar-refractivity contribution in [2.24, 2.45) is 5.16 Å². The number of hydrogen-bond donors (Lipinski definition) is 1. The van der Waals surface area contributed by atoms with E-state index in [0.717, 1.165) is 11.1 Å². The summed E-state index contributed by atoms with van der Waals surface area (Å²) in [5, 5.41) is 7.09. The van der Waals surface area contributed by atoms with Crippen molar-refractivity contribution in [3.05, 3.63) is 113 Å². The second-order valence-corrected chi connectivity index (χ2v) is 8.23. The van der Waals surface area contributed by atoms with Crippen LogP contribution in [-0.2, 0) is 16.2 Å². The van der Waals surface area contributed by atoms with Gasteiger partial charge in [-0.1, -0.05) is 65.3 Å². The van der Waals surface area contributed by atoms with Gasteiger partial charge in [0.15, 0.2) is 23.9 Å². The molecule has 4 aromatic rings. The van der Waals surface area contributed by atoms with Crippen LogP contribution < -0.4 is 19.5 Å². The lowest BCUT2D eigenvalue weighted by Gasteiger charge is -2.12. The van der Waals surface area contributed by atoms with Gasteiger partial charge >= 0.3 is 0 Å². The molecule has 8 heteroatoms. The van der Waals surface area contributed by atoms with E-state index in [9.17, 15) is 4.79 Å². The van der Waals surface area contributed by atoms with Crippen LogP contribution in [0.2, 0.25) is 5.02 Å². The van der Waals surface area contributed by atoms with Crippen molar-refractivity contribution < 1.29 is 23.8 Å². The highest BCUT2D eigenvalue weighted by Crippen LogP contribution is 2.32. The molecule has 0 saturated carbocycles. The predicted molar refractivity (Wildman–Crippen MR) is 144 cm³/mol. The van der Waals surface area contributed by atoms with Crippen LogP contribution in [0.5, 0.6) is 23.0 Å². The number of nitrogens with zero attached hydrogens (tertiary/aromatic N) is 1. The van der Waals surface area contributed by atoms with E-state index in [4.69, 9.17) is 30.6 Å². The minimum Gasteiger partial charge on any atom is -0.493 e. The lowest BCUT2D eigenvalue weighted by molar-refractivity contribution is -0.120. The number of rotatable bonds is 11. The summed E-state index contributed by atoms with van der Waals surface area (Å²) in [5.41, 5.74) is 2.20. The van der Waals surface area contributed by atoms with Gasteiger partial charge < -0.3 is 24.4 Å². The average Bonchev–Trinajstić information content (AvgIpc) is 2.93. The number of amides is 1. The number of carbonyl (C=O) groups is 1. The number of carbonyl (C=O) groups excluding carboxylic acids is 1. The maximum absolute atomic E-state index is 12.4. The van der Waals surface area contributed by atoms with Gasteiger partial charge in [-0.25, -0.2) is 0 Å². The molecule has 0 aliphatic carbocycles. The number of oxime groups is 1. The number of hydrogen-bond acceptors (Lipinski definition) is 6. The van der Waals surface area contributed by atoms with Crippen LogP contribution >= 0.6 is 11.6 Å². The average molecular weight is 517 g/mol. The van der Waals surface area contributed by atoms with E-state index in [1.54, 1.807) is 37.4 Å². The third-order valence-corrected chi connectivity index (χ3v) is 5.32. The molecular weight excluding hydrogens is 492 g/mol. The molecule has 1 amide bonds. The minimum atomic E-state index is -0.417. The zero-order valence-corrected chi connectivity index (χ0v) is 20.9. The molecule has 0 aromatic heterocycles. The van der Waals surface area contributed by atoms with E-state index in [-0.39, 0.29) is 6.61 Å². The third kappa shape index (κ3) is 7.75. The maximum Gasteiger partial charge on any atom is 0.265 e. The second-order valence-electron chi connectivity index (χ2n) is 7.80. The zero-order chi connectivity index (χ0) is 25.9. The van der Waals surface area contributed by atoms with E-state index in [2.05, 4.69) is 10.5 Å². The van der Waals surface area contributed by atoms with Gasteiger partial charge in [0.05, 0.1) is 19.0 Å². The van der Waals surface area contributed by atoms with Gasteiger partial charge in [-0.15, -0.1) is 0 Å². The van der Waals surface area contributed by atoms with Crippen molar-refractivity contribution >= 4 is 29.4 Å². The number of benzene rings is 4. The highest BCUT2D eigenvalue weighted by Gasteiger charge is 2.11. The first kappa shape index (κ1) is 25.6. The zero-order valence-electron chi connectivity index (χ0n) is 20.1. The Morgan fingerprint density at radius 2 is 1.62 bits per heavy atom. The van der Waals surface area contributed by atoms with Crippen LogP contribution in [-0.4, -0.2) is 25.8 Å². The molecule has 0 bridgehead atoms. The molecule has 0 fully saturated rings. The van der Waals surface area contributed by atoms with Crippen molar-refractivity contribution in [2.75, 3.05) is 19.0 Å². The second kappa shape index (κ2) is 13.0. The van der Waals surface area contributed by atoms with Gasteiger partial charge in [0.2, 0.25) is 0 Å². The summed E-state index contributed by atoms with van der Waals surface area (Å²) in [7, 11) is 1.57. The van der Waals surface area contributed by atoms with Gasteiger partial charge in [0.1, 0.15) is 12.4 Å². The van der Waals surface area contributed by atoms with Crippen molar-refractivity contribution in [2.45, 2.75) is 6.61 Å². The molecule has 0 unspecified atom stereocenters. The topological polar surface area (TPSA) is 78.4 Å². The van der Waals surface area contributed by atoms with Crippen LogP contribution in [0.1, 0.15) is 11.1 Å². The number of ether oxygens (including phenoxy) is 3. The van der Waals surface area contributed by atoms with Crippen LogP contribution in [0.15, 0.2) is 102 Å². The Morgan fingerprint density at radius 3 is 2.38 bits per heavy atom. The Balaban J connectivity index is 1.31. The fraction of sp³-hybridized carbons (Fsp3) is 0.103. The summed E-state index contributed by atoms with van der Waals surface area (Å²) in [4.78, 5) is 17.6. The number of methoxy groups -OCH3 is 1. The lowest BCUT2D eigenvalue weighted by Crippen LogP contribution is -2.17. The van der Waals surface area contributed by atoms with Crippen LogP contribution in [0.25, 0.3) is 0 Å². The van der Waals surface area contributed by atoms with Crippen molar-refractivity contribution in [3.63, 3.8) is 0 Å². The van der Waals surface area contributed by atoms with Crippen LogP contribution in [0, 0.1) is 0 Å². The van der Waals surface area contributed by atoms with Gasteiger partial charge in [0.25, 0.3) is 5.91 Å². The Morgan fingerprint density at radius 1 is 0.892 bits per heavy atom. The summed E-state index contributed by atoms with van der Waals surface area (Å²) < 4.78 is 17.2. The van der Waals surface area contributed by atoms with Crippen molar-refractivity contribution in [1.82, 2.24) is 0 Å². The third-order valence-electron chi connectivity index (χ3n) is 5.08. The lowest BCUT2D eigenvalue weighted by atomic mass is 10.2. The minimum absolute atomic E-state index is 0.302. The normalized spacial score (nSPS) is 10.6. The molecule has 7 nitrogen and oxygen atoms in total. The van der Waals surface area contributed by atoms with Crippen LogP contribution in [0.3, 0.4) is 0 Å². The van der Waals surface area contributed by atoms with Crippen molar-refractivity contribution in [1.29, 1.82) is 0 Å². The highest BCUT2D eigenvalue weighted by molar-refractivity contribution is 6.31. The molecule has 0 heterocycles. The first-order valence-corrected chi connectivity index (χ1v) is 11.8. The largest absolute Gasteiger partial charge is 0.493 e. The Bertz CT molecular complexity index is 1350. The van der Waals surface area contributed by atoms with Gasteiger partial charge in [-0.2, -0.15) is 0 Å². The first-order chi connectivity index (χ1) is 18.1. The molecule has 0 atom stereocenters. The Kier molecular flexibility index (Phi) is 8.99. The molecule has 4 rings (SSSR count). The highest BCUT2D eigenvalue weighted by atomic mass is 35.5. The molecule has 0 radical (unpaired) electrons. The molecule has 37 heavy (non-hydrogen) atoms. The molecule has 0 aliphatic heterocycles. The summed E-state index contributed by atoms with van der Waals surface area (Å²) in [6.07, 6.45) is 1.49. The smallest absolute Gasteiger partial charge is 0.265 e. The Labute approximate surface area is 220 Å². The number of nitrogens with one attached hydrogen (secondary N) is 1. The summed E-state index contributed by atoms with van der Waals surface area (Å²) in [6.45, 7) is 0.122. The van der Waals surface area contributed by atoms with Crippen LogP contribution in [0.4, 0.5) is 5.69 Å². The summed E-state index contributed by atoms with van der Waals surface area (Å²) in [5.74, 6) is 1.84. The fourth-order valence-corrected chi connectivity index (χ4v) is 3.48. The number of anilines is 1. The Hall–Kier alpha value is -4.49. The summed E-state index contributed by atoms with van der Waals surface area (Å²) >= 11 is 6.10. The first-order valence-electron chi connectivity index (χ1n) is 11.4. The maximum atomic E-state index is 12.4. The molecular formula is C29H25ClN2O5. The standard InChI is InChI=1S/C29H25ClN2O5/c1-34-28-16-22(12-14-27(28)35-19-21-8-4-2-5-9-21)18-31-36-20-29(33)32-25-17-23(30)13-15-26(25)37-24-10-6-3-7-11-24/h2-18H,19-20H2,1H3,(H,32,33). The molecule has 0 spiro atoms. The number of para-hydroxylation sites is 1. The molecule has 188 valence electrons. The van der Waals surface area contributed by atoms with Gasteiger partial charge in [0, 0.05) is 10.6 Å². The van der Waals surface area contributed by atoms with Gasteiger partial charge in [-0.05, 0) is 54.1 Å². The molecule has 4 aromatic carbocycles. The quantitative estimate of drug-likeness (QED) is 0.177. The molecule has 0 aliphatic rings. The van der Waals surface area contributed by atoms with E-state index in [0.29, 0.717) is 40.3 Å². The van der Waals surface area contributed by atoms with E-state index >= 15 is 0 Å². The SMILES string of the molecule is COc1cc(C=NOCC(=O)Nc2cc(Cl)ccc2Oc2ccccc2)ccc1OCc1ccccc1. The van der Waals surface area contributed by atoms with Gasteiger partial charge in [-0.3, -0.25) is 4.79 Å². The predicted octanol–water partition coefficient (Wildman–Crippen LogP) is 6.71. The number of halogens is 1. The van der Waals surface area contributed by atoms with E-state index < -0.39 is 5.91 Å². The van der Waals surface area contributed by atoms with Crippen molar-refractivity contribution in [3.8, 4) is 23.0 Å². The monoisotopic (exact) mass is 516 g/mol. The van der Waals surface area contributed by atoms with E-state index in [1.165, 1.54) is 6.21 Å².